The van der Waals surface area contributed by atoms with Gasteiger partial charge in [-0.2, -0.15) is 0 Å². The number of anilines is 2. The molecule has 0 fully saturated rings. The molecule has 6 nitrogen and oxygen atoms in total. The summed E-state index contributed by atoms with van der Waals surface area (Å²) in [7, 11) is 0. The molecule has 0 saturated carbocycles. The second-order valence-corrected chi connectivity index (χ2v) is 13.0. The van der Waals surface area contributed by atoms with Crippen molar-refractivity contribution in [1.29, 1.82) is 0 Å². The molecular weight excluding hydrogens is 613 g/mol. The van der Waals surface area contributed by atoms with E-state index in [2.05, 4.69) is 153 Å². The number of fused-ring (bicyclic) bond motifs is 6. The number of hydrogen-bond acceptors (Lipinski definition) is 5. The van der Waals surface area contributed by atoms with E-state index in [0.29, 0.717) is 5.92 Å². The molecule has 50 heavy (non-hydrogen) atoms. The van der Waals surface area contributed by atoms with Gasteiger partial charge in [-0.05, 0) is 77.2 Å². The third-order valence-corrected chi connectivity index (χ3v) is 10.3. The van der Waals surface area contributed by atoms with Gasteiger partial charge >= 0.3 is 0 Å². The van der Waals surface area contributed by atoms with Crippen LogP contribution in [0.5, 0.6) is 0 Å². The van der Waals surface area contributed by atoms with Gasteiger partial charge in [0.05, 0.1) is 28.6 Å². The first-order chi connectivity index (χ1) is 24.8. The van der Waals surface area contributed by atoms with E-state index in [9.17, 15) is 0 Å². The van der Waals surface area contributed by atoms with Crippen molar-refractivity contribution in [3.63, 3.8) is 0 Å². The molecule has 238 valence electrons. The molecule has 2 atom stereocenters. The molecule has 2 unspecified atom stereocenters. The maximum absolute atomic E-state index is 4.84. The van der Waals surface area contributed by atoms with Gasteiger partial charge in [0.2, 0.25) is 0 Å². The number of benzene rings is 4. The van der Waals surface area contributed by atoms with Crippen LogP contribution in [0.3, 0.4) is 0 Å². The highest BCUT2D eigenvalue weighted by Crippen LogP contribution is 2.46. The molecule has 0 N–H and O–H groups in total. The molecule has 3 aliphatic rings. The molecule has 0 aliphatic carbocycles. The minimum Gasteiger partial charge on any atom is -0.332 e. The van der Waals surface area contributed by atoms with E-state index in [1.165, 1.54) is 33.4 Å². The van der Waals surface area contributed by atoms with Crippen LogP contribution in [0, 0.1) is 0 Å². The second-order valence-electron chi connectivity index (χ2n) is 13.0. The molecule has 6 heterocycles. The molecule has 0 amide bonds. The fraction of sp³-hybridized carbons (Fsp3) is 0.0909. The lowest BCUT2D eigenvalue weighted by Crippen LogP contribution is -2.32. The smallest absolute Gasteiger partial charge is 0.0886 e. The highest BCUT2D eigenvalue weighted by atomic mass is 15.2. The largest absolute Gasteiger partial charge is 0.332 e. The number of aromatic nitrogens is 3. The number of rotatable bonds is 5. The summed E-state index contributed by atoms with van der Waals surface area (Å²) in [6, 6.07) is 43.3. The molecule has 0 bridgehead atoms. The second kappa shape index (κ2) is 11.6. The van der Waals surface area contributed by atoms with Crippen LogP contribution in [0.15, 0.2) is 156 Å². The van der Waals surface area contributed by atoms with Crippen LogP contribution in [-0.2, 0) is 6.42 Å². The Morgan fingerprint density at radius 2 is 1.40 bits per heavy atom. The molecule has 7 aromatic rings. The average Bonchev–Trinajstić information content (AvgIpc) is 3.71. The van der Waals surface area contributed by atoms with Gasteiger partial charge in [-0.1, -0.05) is 78.9 Å². The van der Waals surface area contributed by atoms with E-state index in [1.54, 1.807) is 0 Å². The summed E-state index contributed by atoms with van der Waals surface area (Å²) in [5, 5.41) is 1.31. The zero-order chi connectivity index (χ0) is 33.0. The van der Waals surface area contributed by atoms with Crippen molar-refractivity contribution in [1.82, 2.24) is 14.5 Å². The van der Waals surface area contributed by atoms with E-state index in [4.69, 9.17) is 9.97 Å². The summed E-state index contributed by atoms with van der Waals surface area (Å²) in [6.07, 6.45) is 13.1. The third kappa shape index (κ3) is 4.64. The van der Waals surface area contributed by atoms with Crippen molar-refractivity contribution in [2.24, 2.45) is 9.98 Å². The summed E-state index contributed by atoms with van der Waals surface area (Å²) in [4.78, 5) is 21.1. The molecule has 3 aliphatic heterocycles. The van der Waals surface area contributed by atoms with Gasteiger partial charge in [-0.15, -0.1) is 0 Å². The highest BCUT2D eigenvalue weighted by molar-refractivity contribution is 5.97. The number of hydrogen-bond donors (Lipinski definition) is 0. The predicted molar refractivity (Wildman–Crippen MR) is 204 cm³/mol. The lowest BCUT2D eigenvalue weighted by atomic mass is 9.94. The van der Waals surface area contributed by atoms with Gasteiger partial charge in [0.15, 0.2) is 0 Å². The Balaban J connectivity index is 0.891. The first kappa shape index (κ1) is 28.6. The van der Waals surface area contributed by atoms with Gasteiger partial charge < -0.3 is 9.47 Å². The highest BCUT2D eigenvalue weighted by Gasteiger charge is 2.37. The number of nitrogens with zero attached hydrogens (tertiary/aromatic N) is 6. The maximum atomic E-state index is 4.84. The topological polar surface area (TPSA) is 58.7 Å². The summed E-state index contributed by atoms with van der Waals surface area (Å²) in [5.74, 6) is 0.303. The first-order valence-corrected chi connectivity index (χ1v) is 17.1. The van der Waals surface area contributed by atoms with Crippen molar-refractivity contribution in [2.75, 3.05) is 11.4 Å². The molecule has 4 aromatic carbocycles. The molecule has 3 aromatic heterocycles. The van der Waals surface area contributed by atoms with Crippen LogP contribution < -0.4 is 4.90 Å². The van der Waals surface area contributed by atoms with Gasteiger partial charge in [0.25, 0.3) is 0 Å². The Labute approximate surface area is 290 Å². The Kier molecular flexibility index (Phi) is 6.65. The molecule has 0 saturated heterocycles. The fourth-order valence-corrected chi connectivity index (χ4v) is 7.86. The standard InChI is InChI=1S/C44H32N6/c1-3-10-41-35(8-1)37-20-22-45-27-43(37)49(41)33-16-12-29(13-17-33)31-14-18-39(47-25-31)40-19-15-32(26-48-40)30-6-5-7-34(24-30)50-42-11-4-2-9-36(42)38-21-23-46-28-44(38)50/h1-19,21,23-28,38,44H,20,22H2. The molecule has 0 radical (unpaired) electrons. The van der Waals surface area contributed by atoms with Crippen LogP contribution in [0.25, 0.3) is 50.2 Å². The van der Waals surface area contributed by atoms with Crippen LogP contribution in [0.4, 0.5) is 11.4 Å². The Morgan fingerprint density at radius 3 is 2.22 bits per heavy atom. The zero-order valence-electron chi connectivity index (χ0n) is 27.3. The normalized spacial score (nSPS) is 17.2. The summed E-state index contributed by atoms with van der Waals surface area (Å²) in [6.45, 7) is 0.848. The molecule has 6 heteroatoms. The van der Waals surface area contributed by atoms with Crippen LogP contribution in [-0.4, -0.2) is 39.6 Å². The average molecular weight is 645 g/mol. The van der Waals surface area contributed by atoms with Crippen molar-refractivity contribution in [2.45, 2.75) is 18.4 Å². The number of aliphatic imine (C=N–C) groups is 2. The third-order valence-electron chi connectivity index (χ3n) is 10.3. The van der Waals surface area contributed by atoms with E-state index < -0.39 is 0 Å². The predicted octanol–water partition coefficient (Wildman–Crippen LogP) is 9.60. The van der Waals surface area contributed by atoms with Crippen LogP contribution in [0.2, 0.25) is 0 Å². The van der Waals surface area contributed by atoms with Crippen molar-refractivity contribution >= 4 is 34.7 Å². The van der Waals surface area contributed by atoms with Crippen molar-refractivity contribution in [3.05, 3.63) is 163 Å². The monoisotopic (exact) mass is 644 g/mol. The molecular formula is C44H32N6. The quantitative estimate of drug-likeness (QED) is 0.188. The van der Waals surface area contributed by atoms with Gasteiger partial charge in [0.1, 0.15) is 0 Å². The van der Waals surface area contributed by atoms with E-state index in [0.717, 1.165) is 58.0 Å². The number of pyridine rings is 2. The van der Waals surface area contributed by atoms with Crippen molar-refractivity contribution in [3.8, 4) is 39.3 Å². The lowest BCUT2D eigenvalue weighted by molar-refractivity contribution is 0.787. The van der Waals surface area contributed by atoms with Crippen LogP contribution >= 0.6 is 0 Å². The maximum Gasteiger partial charge on any atom is 0.0886 e. The molecule has 10 rings (SSSR count). The van der Waals surface area contributed by atoms with Gasteiger partial charge in [-0.3, -0.25) is 20.0 Å². The Hall–Kier alpha value is -6.40. The summed E-state index contributed by atoms with van der Waals surface area (Å²) in [5.41, 5.74) is 14.7. The van der Waals surface area contributed by atoms with E-state index >= 15 is 0 Å². The fourth-order valence-electron chi connectivity index (χ4n) is 7.86. The zero-order valence-corrected chi connectivity index (χ0v) is 27.3. The summed E-state index contributed by atoms with van der Waals surface area (Å²) < 4.78 is 2.33. The summed E-state index contributed by atoms with van der Waals surface area (Å²) >= 11 is 0. The molecule has 0 spiro atoms. The minimum absolute atomic E-state index is 0.167. The minimum atomic E-state index is 0.167. The van der Waals surface area contributed by atoms with Crippen LogP contribution in [0.1, 0.15) is 22.7 Å². The van der Waals surface area contributed by atoms with E-state index in [-0.39, 0.29) is 6.04 Å². The lowest BCUT2D eigenvalue weighted by Gasteiger charge is -2.28. The Bertz CT molecular complexity index is 2490. The van der Waals surface area contributed by atoms with E-state index in [1.807, 2.05) is 24.8 Å². The van der Waals surface area contributed by atoms with Gasteiger partial charge in [0, 0.05) is 77.1 Å². The SMILES string of the molecule is C1=CC2c3ccccc3N(c3cccc(-c4ccc(-c5ccc(-c6ccc(-n7c8c(c9ccccc97)CCN=C8)cc6)cn5)nc4)c3)C2C=N1. The van der Waals surface area contributed by atoms with Gasteiger partial charge in [-0.25, -0.2) is 0 Å². The Morgan fingerprint density at radius 1 is 0.640 bits per heavy atom. The first-order valence-electron chi connectivity index (χ1n) is 17.1. The van der Waals surface area contributed by atoms with Crippen molar-refractivity contribution < 1.29 is 0 Å². The number of para-hydroxylation sites is 2.